The fourth-order valence-corrected chi connectivity index (χ4v) is 3.07. The highest BCUT2D eigenvalue weighted by Gasteiger charge is 2.22. The molecule has 2 heterocycles. The molecule has 30 heavy (non-hydrogen) atoms. The summed E-state index contributed by atoms with van der Waals surface area (Å²) in [5.41, 5.74) is 2.22. The number of hydrogen-bond acceptors (Lipinski definition) is 4. The standard InChI is InChI=1S/C23H28N6O/c1-2-25-23(27-14-19-9-10-26-22(13-19)29-12-11-24-17-29)28-15-20-5-3-4-6-21(20)30-16-18-7-8-18/h3-6,9-13,17-18H,2,7-8,14-16H2,1H3,(H2,25,27,28). The van der Waals surface area contributed by atoms with Crippen molar-refractivity contribution < 1.29 is 4.74 Å². The molecule has 7 nitrogen and oxygen atoms in total. The maximum Gasteiger partial charge on any atom is 0.191 e. The van der Waals surface area contributed by atoms with Gasteiger partial charge in [-0.05, 0) is 49.4 Å². The number of aromatic nitrogens is 3. The average molecular weight is 405 g/mol. The van der Waals surface area contributed by atoms with E-state index in [1.54, 1.807) is 18.7 Å². The third-order valence-corrected chi connectivity index (χ3v) is 4.93. The van der Waals surface area contributed by atoms with Crippen LogP contribution >= 0.6 is 0 Å². The number of benzene rings is 1. The van der Waals surface area contributed by atoms with Crippen molar-refractivity contribution in [1.82, 2.24) is 25.2 Å². The number of nitrogens with zero attached hydrogens (tertiary/aromatic N) is 4. The van der Waals surface area contributed by atoms with Crippen LogP contribution in [0.3, 0.4) is 0 Å². The minimum Gasteiger partial charge on any atom is -0.493 e. The highest BCUT2D eigenvalue weighted by Crippen LogP contribution is 2.30. The van der Waals surface area contributed by atoms with E-state index in [-0.39, 0.29) is 0 Å². The highest BCUT2D eigenvalue weighted by atomic mass is 16.5. The van der Waals surface area contributed by atoms with Crippen LogP contribution in [-0.2, 0) is 13.1 Å². The van der Waals surface area contributed by atoms with E-state index in [0.29, 0.717) is 13.1 Å². The first-order valence-electron chi connectivity index (χ1n) is 10.5. The normalized spacial score (nSPS) is 13.8. The van der Waals surface area contributed by atoms with Gasteiger partial charge in [0.05, 0.1) is 13.2 Å². The fraction of sp³-hybridized carbons (Fsp3) is 0.348. The van der Waals surface area contributed by atoms with E-state index in [0.717, 1.165) is 47.7 Å². The molecule has 0 atom stereocenters. The Labute approximate surface area is 177 Å². The van der Waals surface area contributed by atoms with Gasteiger partial charge in [-0.25, -0.2) is 15.0 Å². The third-order valence-electron chi connectivity index (χ3n) is 4.93. The lowest BCUT2D eigenvalue weighted by atomic mass is 10.2. The largest absolute Gasteiger partial charge is 0.493 e. The number of ether oxygens (including phenoxy) is 1. The monoisotopic (exact) mass is 404 g/mol. The predicted octanol–water partition coefficient (Wildman–Crippen LogP) is 3.31. The smallest absolute Gasteiger partial charge is 0.191 e. The van der Waals surface area contributed by atoms with E-state index in [4.69, 9.17) is 9.73 Å². The van der Waals surface area contributed by atoms with Crippen molar-refractivity contribution in [3.05, 3.63) is 72.4 Å². The van der Waals surface area contributed by atoms with Gasteiger partial charge in [0.1, 0.15) is 17.9 Å². The van der Waals surface area contributed by atoms with Gasteiger partial charge >= 0.3 is 0 Å². The van der Waals surface area contributed by atoms with E-state index in [9.17, 15) is 0 Å². The van der Waals surface area contributed by atoms with Gasteiger partial charge in [0.15, 0.2) is 5.96 Å². The molecule has 0 aliphatic heterocycles. The minimum absolute atomic E-state index is 0.555. The molecule has 0 unspecified atom stereocenters. The zero-order chi connectivity index (χ0) is 20.6. The number of aliphatic imine (C=N–C) groups is 1. The summed E-state index contributed by atoms with van der Waals surface area (Å²) in [6.07, 6.45) is 9.73. The van der Waals surface area contributed by atoms with Gasteiger partial charge in [-0.2, -0.15) is 0 Å². The van der Waals surface area contributed by atoms with Gasteiger partial charge in [0.25, 0.3) is 0 Å². The lowest BCUT2D eigenvalue weighted by Gasteiger charge is -2.14. The molecule has 0 saturated heterocycles. The fourth-order valence-electron chi connectivity index (χ4n) is 3.07. The van der Waals surface area contributed by atoms with Crippen LogP contribution in [0.2, 0.25) is 0 Å². The summed E-state index contributed by atoms with van der Waals surface area (Å²) in [7, 11) is 0. The number of nitrogens with one attached hydrogen (secondary N) is 2. The molecule has 0 bridgehead atoms. The van der Waals surface area contributed by atoms with Gasteiger partial charge < -0.3 is 15.4 Å². The molecule has 1 saturated carbocycles. The van der Waals surface area contributed by atoms with Crippen molar-refractivity contribution >= 4 is 5.96 Å². The Morgan fingerprint density at radius 2 is 2.10 bits per heavy atom. The second-order valence-corrected chi connectivity index (χ2v) is 7.40. The summed E-state index contributed by atoms with van der Waals surface area (Å²) in [6.45, 7) is 4.88. The van der Waals surface area contributed by atoms with Crippen LogP contribution in [0, 0.1) is 5.92 Å². The topological polar surface area (TPSA) is 76.4 Å². The van der Waals surface area contributed by atoms with E-state index in [2.05, 4.69) is 33.6 Å². The van der Waals surface area contributed by atoms with Crippen LogP contribution in [0.25, 0.3) is 5.82 Å². The number of imidazole rings is 1. The zero-order valence-corrected chi connectivity index (χ0v) is 17.3. The van der Waals surface area contributed by atoms with Gasteiger partial charge in [-0.15, -0.1) is 0 Å². The molecule has 7 heteroatoms. The molecular weight excluding hydrogens is 376 g/mol. The number of rotatable bonds is 9. The van der Waals surface area contributed by atoms with Crippen molar-refractivity contribution in [2.24, 2.45) is 10.9 Å². The van der Waals surface area contributed by atoms with Crippen molar-refractivity contribution in [1.29, 1.82) is 0 Å². The molecule has 0 spiro atoms. The SMILES string of the molecule is CCNC(=NCc1ccnc(-n2ccnc2)c1)NCc1ccccc1OCC1CC1. The Bertz CT molecular complexity index is 965. The summed E-state index contributed by atoms with van der Waals surface area (Å²) in [6, 6.07) is 12.2. The summed E-state index contributed by atoms with van der Waals surface area (Å²) in [5.74, 6) is 3.29. The Balaban J connectivity index is 1.39. The minimum atomic E-state index is 0.555. The van der Waals surface area contributed by atoms with Gasteiger partial charge in [-0.3, -0.25) is 4.57 Å². The van der Waals surface area contributed by atoms with Crippen molar-refractivity contribution in [3.63, 3.8) is 0 Å². The molecule has 1 fully saturated rings. The first-order chi connectivity index (χ1) is 14.8. The first-order valence-corrected chi connectivity index (χ1v) is 10.5. The maximum atomic E-state index is 6.02. The third kappa shape index (κ3) is 5.59. The number of pyridine rings is 1. The molecule has 1 aliphatic carbocycles. The molecule has 2 aromatic heterocycles. The van der Waals surface area contributed by atoms with Crippen molar-refractivity contribution in [3.8, 4) is 11.6 Å². The van der Waals surface area contributed by atoms with Crippen LogP contribution in [0.15, 0.2) is 66.3 Å². The zero-order valence-electron chi connectivity index (χ0n) is 17.3. The number of para-hydroxylation sites is 1. The van der Waals surface area contributed by atoms with Crippen LogP contribution in [0.1, 0.15) is 30.9 Å². The van der Waals surface area contributed by atoms with Crippen molar-refractivity contribution in [2.45, 2.75) is 32.9 Å². The maximum absolute atomic E-state index is 6.02. The van der Waals surface area contributed by atoms with Crippen LogP contribution in [0.5, 0.6) is 5.75 Å². The van der Waals surface area contributed by atoms with Gasteiger partial charge in [0, 0.05) is 37.2 Å². The van der Waals surface area contributed by atoms with Crippen LogP contribution in [0.4, 0.5) is 0 Å². The second kappa shape index (κ2) is 9.91. The molecule has 4 rings (SSSR count). The van der Waals surface area contributed by atoms with E-state index in [1.165, 1.54) is 12.8 Å². The van der Waals surface area contributed by atoms with Crippen LogP contribution < -0.4 is 15.4 Å². The number of hydrogen-bond donors (Lipinski definition) is 2. The van der Waals surface area contributed by atoms with E-state index in [1.807, 2.05) is 41.1 Å². The molecule has 0 amide bonds. The molecule has 0 radical (unpaired) electrons. The molecule has 156 valence electrons. The highest BCUT2D eigenvalue weighted by molar-refractivity contribution is 5.79. The number of guanidine groups is 1. The first kappa shape index (κ1) is 19.9. The van der Waals surface area contributed by atoms with Gasteiger partial charge in [0.2, 0.25) is 0 Å². The van der Waals surface area contributed by atoms with Crippen LogP contribution in [-0.4, -0.2) is 33.6 Å². The predicted molar refractivity (Wildman–Crippen MR) is 118 cm³/mol. The summed E-state index contributed by atoms with van der Waals surface area (Å²) in [4.78, 5) is 13.2. The van der Waals surface area contributed by atoms with E-state index < -0.39 is 0 Å². The van der Waals surface area contributed by atoms with E-state index >= 15 is 0 Å². The molecule has 1 aliphatic rings. The average Bonchev–Trinajstić information content (AvgIpc) is 3.45. The Morgan fingerprint density at radius 3 is 2.90 bits per heavy atom. The lowest BCUT2D eigenvalue weighted by Crippen LogP contribution is -2.36. The van der Waals surface area contributed by atoms with Crippen molar-refractivity contribution in [2.75, 3.05) is 13.2 Å². The Morgan fingerprint density at radius 1 is 1.20 bits per heavy atom. The summed E-state index contributed by atoms with van der Waals surface area (Å²) in [5, 5.41) is 6.73. The quantitative estimate of drug-likeness (QED) is 0.423. The Hall–Kier alpha value is -3.35. The summed E-state index contributed by atoms with van der Waals surface area (Å²) >= 11 is 0. The molecule has 3 aromatic rings. The lowest BCUT2D eigenvalue weighted by molar-refractivity contribution is 0.296. The molecule has 1 aromatic carbocycles. The summed E-state index contributed by atoms with van der Waals surface area (Å²) < 4.78 is 7.90. The molecule has 2 N–H and O–H groups in total. The second-order valence-electron chi connectivity index (χ2n) is 7.40. The Kier molecular flexibility index (Phi) is 6.59. The molecular formula is C23H28N6O. The van der Waals surface area contributed by atoms with Gasteiger partial charge in [-0.1, -0.05) is 18.2 Å².